The average molecular weight is 435 g/mol. The monoisotopic (exact) mass is 434 g/mol. The quantitative estimate of drug-likeness (QED) is 0.411. The molecular formula is C24H26N4O2S. The summed E-state index contributed by atoms with van der Waals surface area (Å²) in [7, 11) is 0. The minimum atomic E-state index is 0.0720. The van der Waals surface area contributed by atoms with Crippen LogP contribution >= 0.6 is 11.3 Å². The number of carbonyl (C=O) groups excluding carboxylic acids is 1. The molecule has 0 spiro atoms. The molecule has 0 atom stereocenters. The van der Waals surface area contributed by atoms with Gasteiger partial charge in [0.05, 0.1) is 11.2 Å². The number of thiazole rings is 1. The van der Waals surface area contributed by atoms with Gasteiger partial charge in [0.1, 0.15) is 11.3 Å². The number of anilines is 3. The highest BCUT2D eigenvalue weighted by molar-refractivity contribution is 7.22. The minimum absolute atomic E-state index is 0.0720. The molecular weight excluding hydrogens is 408 g/mol. The molecule has 5 N–H and O–H groups in total. The minimum Gasteiger partial charge on any atom is -0.506 e. The topological polar surface area (TPSA) is 100 Å². The maximum atomic E-state index is 12.2. The first-order chi connectivity index (χ1) is 15.1. The van der Waals surface area contributed by atoms with Crippen LogP contribution in [0, 0.1) is 17.8 Å². The number of fused-ring (bicyclic) bond motifs is 1. The Bertz CT molecular complexity index is 1140. The van der Waals surface area contributed by atoms with Gasteiger partial charge in [0, 0.05) is 23.4 Å². The van der Waals surface area contributed by atoms with Crippen molar-refractivity contribution in [3.63, 3.8) is 0 Å². The van der Waals surface area contributed by atoms with Crippen LogP contribution in [0.5, 0.6) is 5.75 Å². The van der Waals surface area contributed by atoms with Crippen LogP contribution in [0.2, 0.25) is 0 Å². The Morgan fingerprint density at radius 2 is 2.03 bits per heavy atom. The van der Waals surface area contributed by atoms with Gasteiger partial charge in [-0.05, 0) is 42.7 Å². The first-order valence-electron chi connectivity index (χ1n) is 10.6. The molecule has 0 saturated heterocycles. The van der Waals surface area contributed by atoms with Crippen LogP contribution in [0.25, 0.3) is 10.2 Å². The van der Waals surface area contributed by atoms with E-state index in [2.05, 4.69) is 27.5 Å². The van der Waals surface area contributed by atoms with Crippen molar-refractivity contribution < 1.29 is 9.90 Å². The van der Waals surface area contributed by atoms with Gasteiger partial charge in [-0.25, -0.2) is 4.98 Å². The molecule has 2 aromatic carbocycles. The van der Waals surface area contributed by atoms with Gasteiger partial charge < -0.3 is 21.5 Å². The Hall–Kier alpha value is -3.24. The van der Waals surface area contributed by atoms with Gasteiger partial charge in [0.25, 0.3) is 0 Å². The molecule has 1 aliphatic carbocycles. The molecule has 1 aromatic heterocycles. The maximum Gasteiger partial charge on any atom is 0.224 e. The molecule has 7 heteroatoms. The lowest BCUT2D eigenvalue weighted by atomic mass is 10.0. The number of benzene rings is 2. The Kier molecular flexibility index (Phi) is 6.58. The van der Waals surface area contributed by atoms with Crippen LogP contribution in [0.3, 0.4) is 0 Å². The van der Waals surface area contributed by atoms with E-state index in [0.29, 0.717) is 35.1 Å². The number of aromatic hydroxyl groups is 1. The fraction of sp³-hybridized carbons (Fsp3) is 0.333. The van der Waals surface area contributed by atoms with E-state index in [0.717, 1.165) is 22.5 Å². The Morgan fingerprint density at radius 1 is 1.23 bits per heavy atom. The molecule has 3 aromatic rings. The Morgan fingerprint density at radius 3 is 2.87 bits per heavy atom. The number of nitrogens with two attached hydrogens (primary N) is 1. The highest BCUT2D eigenvalue weighted by Gasteiger charge is 2.16. The second kappa shape index (κ2) is 9.71. The number of nitrogens with one attached hydrogen (secondary N) is 2. The number of amides is 1. The van der Waals surface area contributed by atoms with Crippen LogP contribution in [0.1, 0.15) is 44.1 Å². The number of nitrogen functional groups attached to an aromatic ring is 1. The zero-order valence-corrected chi connectivity index (χ0v) is 18.1. The lowest BCUT2D eigenvalue weighted by Gasteiger charge is -2.10. The molecule has 1 amide bonds. The van der Waals surface area contributed by atoms with Gasteiger partial charge in [-0.3, -0.25) is 4.79 Å². The number of aromatic nitrogens is 1. The van der Waals surface area contributed by atoms with Crippen molar-refractivity contribution in [3.05, 3.63) is 42.0 Å². The predicted octanol–water partition coefficient (Wildman–Crippen LogP) is 4.96. The fourth-order valence-electron chi connectivity index (χ4n) is 3.96. The summed E-state index contributed by atoms with van der Waals surface area (Å²) >= 11 is 1.32. The zero-order chi connectivity index (χ0) is 21.6. The van der Waals surface area contributed by atoms with Crippen molar-refractivity contribution in [2.24, 2.45) is 5.92 Å². The SMILES string of the molecule is Nc1nc2c(O)cc(C#CCNc3cccc(NC(=O)CCC4CCCC4)c3)cc2s1. The Balaban J connectivity index is 1.30. The van der Waals surface area contributed by atoms with Crippen LogP contribution < -0.4 is 16.4 Å². The van der Waals surface area contributed by atoms with E-state index < -0.39 is 0 Å². The summed E-state index contributed by atoms with van der Waals surface area (Å²) in [6, 6.07) is 11.1. The summed E-state index contributed by atoms with van der Waals surface area (Å²) in [5, 5.41) is 16.7. The van der Waals surface area contributed by atoms with E-state index in [1.54, 1.807) is 6.07 Å². The van der Waals surface area contributed by atoms with Crippen molar-refractivity contribution in [1.29, 1.82) is 0 Å². The number of nitrogens with zero attached hydrogens (tertiary/aromatic N) is 1. The highest BCUT2D eigenvalue weighted by Crippen LogP contribution is 2.31. The number of carbonyl (C=O) groups is 1. The van der Waals surface area contributed by atoms with E-state index in [4.69, 9.17) is 5.73 Å². The first kappa shape index (κ1) is 21.0. The first-order valence-corrected chi connectivity index (χ1v) is 11.4. The summed E-state index contributed by atoms with van der Waals surface area (Å²) in [6.07, 6.45) is 6.70. The molecule has 0 unspecified atom stereocenters. The van der Waals surface area contributed by atoms with E-state index in [9.17, 15) is 9.90 Å². The fourth-order valence-corrected chi connectivity index (χ4v) is 4.75. The van der Waals surface area contributed by atoms with Gasteiger partial charge in [0.15, 0.2) is 5.13 Å². The van der Waals surface area contributed by atoms with E-state index in [-0.39, 0.29) is 11.7 Å². The van der Waals surface area contributed by atoms with E-state index in [1.165, 1.54) is 37.0 Å². The lowest BCUT2D eigenvalue weighted by molar-refractivity contribution is -0.116. The largest absolute Gasteiger partial charge is 0.506 e. The standard InChI is InChI=1S/C24H26N4O2S/c25-24-28-23-20(29)13-17(14-21(23)31-24)7-4-12-26-18-8-3-9-19(15-18)27-22(30)11-10-16-5-1-2-6-16/h3,8-9,13-16,26,29H,1-2,5-6,10-12H2,(H2,25,28)(H,27,30). The van der Waals surface area contributed by atoms with Crippen molar-refractivity contribution >= 4 is 44.0 Å². The number of rotatable bonds is 6. The van der Waals surface area contributed by atoms with Crippen LogP contribution in [0.15, 0.2) is 36.4 Å². The molecule has 0 aliphatic heterocycles. The summed E-state index contributed by atoms with van der Waals surface area (Å²) < 4.78 is 0.811. The molecule has 160 valence electrons. The van der Waals surface area contributed by atoms with Gasteiger partial charge in [-0.1, -0.05) is 54.9 Å². The smallest absolute Gasteiger partial charge is 0.224 e. The third kappa shape index (κ3) is 5.68. The predicted molar refractivity (Wildman–Crippen MR) is 127 cm³/mol. The number of hydrogen-bond acceptors (Lipinski definition) is 6. The van der Waals surface area contributed by atoms with Crippen molar-refractivity contribution in [2.45, 2.75) is 38.5 Å². The molecule has 0 radical (unpaired) electrons. The normalized spacial score (nSPS) is 13.7. The van der Waals surface area contributed by atoms with Crippen LogP contribution in [-0.2, 0) is 4.79 Å². The van der Waals surface area contributed by atoms with Crippen LogP contribution in [-0.4, -0.2) is 22.5 Å². The van der Waals surface area contributed by atoms with Gasteiger partial charge >= 0.3 is 0 Å². The molecule has 1 fully saturated rings. The molecule has 31 heavy (non-hydrogen) atoms. The summed E-state index contributed by atoms with van der Waals surface area (Å²) in [5.74, 6) is 6.97. The number of hydrogen-bond donors (Lipinski definition) is 4. The van der Waals surface area contributed by atoms with Gasteiger partial charge in [-0.2, -0.15) is 0 Å². The third-order valence-electron chi connectivity index (χ3n) is 5.51. The average Bonchev–Trinajstić information content (AvgIpc) is 3.39. The summed E-state index contributed by atoms with van der Waals surface area (Å²) in [4.78, 5) is 16.3. The number of phenols is 1. The number of phenolic OH excluding ortho intramolecular Hbond substituents is 1. The summed E-state index contributed by atoms with van der Waals surface area (Å²) in [6.45, 7) is 0.433. The van der Waals surface area contributed by atoms with Crippen molar-refractivity contribution in [1.82, 2.24) is 4.98 Å². The van der Waals surface area contributed by atoms with Gasteiger partial charge in [-0.15, -0.1) is 0 Å². The molecule has 1 heterocycles. The molecule has 0 bridgehead atoms. The summed E-state index contributed by atoms with van der Waals surface area (Å²) in [5.41, 5.74) is 8.59. The van der Waals surface area contributed by atoms with Crippen molar-refractivity contribution in [3.8, 4) is 17.6 Å². The maximum absolute atomic E-state index is 12.2. The molecule has 1 aliphatic rings. The van der Waals surface area contributed by atoms with E-state index >= 15 is 0 Å². The third-order valence-corrected chi connectivity index (χ3v) is 6.34. The van der Waals surface area contributed by atoms with E-state index in [1.807, 2.05) is 30.3 Å². The van der Waals surface area contributed by atoms with Gasteiger partial charge in [0.2, 0.25) is 5.91 Å². The zero-order valence-electron chi connectivity index (χ0n) is 17.3. The molecule has 1 saturated carbocycles. The Labute approximate surface area is 185 Å². The molecule has 4 rings (SSSR count). The second-order valence-electron chi connectivity index (χ2n) is 7.87. The highest BCUT2D eigenvalue weighted by atomic mass is 32.1. The van der Waals surface area contributed by atoms with Crippen molar-refractivity contribution in [2.75, 3.05) is 22.9 Å². The second-order valence-corrected chi connectivity index (χ2v) is 8.93. The van der Waals surface area contributed by atoms with Crippen LogP contribution in [0.4, 0.5) is 16.5 Å². The lowest BCUT2D eigenvalue weighted by Crippen LogP contribution is -2.13. The molecule has 6 nitrogen and oxygen atoms in total.